The second-order valence-corrected chi connectivity index (χ2v) is 5.93. The van der Waals surface area contributed by atoms with Gasteiger partial charge in [-0.3, -0.25) is 0 Å². The molecule has 0 aromatic carbocycles. The van der Waals surface area contributed by atoms with E-state index < -0.39 is 0 Å². The van der Waals surface area contributed by atoms with E-state index in [4.69, 9.17) is 10.00 Å². The van der Waals surface area contributed by atoms with Gasteiger partial charge in [-0.25, -0.2) is 4.98 Å². The van der Waals surface area contributed by atoms with E-state index in [1.165, 1.54) is 0 Å². The number of nitrogens with zero attached hydrogens (tertiary/aromatic N) is 3. The van der Waals surface area contributed by atoms with Crippen LogP contribution >= 0.6 is 0 Å². The van der Waals surface area contributed by atoms with Crippen LogP contribution in [0.1, 0.15) is 31.7 Å². The number of aliphatic hydroxyl groups excluding tert-OH is 1. The average Bonchev–Trinajstić information content (AvgIpc) is 2.55. The largest absolute Gasteiger partial charge is 0.392 e. The molecule has 2 fully saturated rings. The molecule has 0 unspecified atom stereocenters. The van der Waals surface area contributed by atoms with Crippen molar-refractivity contribution in [3.05, 3.63) is 23.9 Å². The van der Waals surface area contributed by atoms with Gasteiger partial charge in [0, 0.05) is 37.7 Å². The van der Waals surface area contributed by atoms with E-state index in [1.807, 2.05) is 13.0 Å². The standard InChI is InChI=1S/C16H21N3O2/c1-2-21-14-9-13(20)16(14)5-7-19(8-6-16)15-4-3-12(10-17)11-18-15/h3-4,11,13-14,20H,2,5-9H2,1H3/t13-,14-/m1/s1. The van der Waals surface area contributed by atoms with Gasteiger partial charge in [0.1, 0.15) is 11.9 Å². The number of nitriles is 1. The van der Waals surface area contributed by atoms with Crippen LogP contribution in [-0.2, 0) is 4.74 Å². The van der Waals surface area contributed by atoms with Crippen molar-refractivity contribution >= 4 is 5.82 Å². The molecule has 1 aliphatic heterocycles. The average molecular weight is 287 g/mol. The summed E-state index contributed by atoms with van der Waals surface area (Å²) >= 11 is 0. The summed E-state index contributed by atoms with van der Waals surface area (Å²) in [5.74, 6) is 0.908. The number of anilines is 1. The molecule has 112 valence electrons. The number of pyridine rings is 1. The van der Waals surface area contributed by atoms with Crippen LogP contribution in [0.15, 0.2) is 18.3 Å². The van der Waals surface area contributed by atoms with Crippen molar-refractivity contribution in [3.63, 3.8) is 0 Å². The highest BCUT2D eigenvalue weighted by Crippen LogP contribution is 2.51. The van der Waals surface area contributed by atoms with Crippen LogP contribution in [0.4, 0.5) is 5.82 Å². The Kier molecular flexibility index (Phi) is 3.83. The van der Waals surface area contributed by atoms with Crippen molar-refractivity contribution in [3.8, 4) is 6.07 Å². The summed E-state index contributed by atoms with van der Waals surface area (Å²) < 4.78 is 5.78. The fourth-order valence-corrected chi connectivity index (χ4v) is 3.61. The van der Waals surface area contributed by atoms with Gasteiger partial charge in [-0.15, -0.1) is 0 Å². The Bertz CT molecular complexity index is 527. The van der Waals surface area contributed by atoms with Crippen molar-refractivity contribution in [1.29, 1.82) is 5.26 Å². The maximum atomic E-state index is 10.2. The van der Waals surface area contributed by atoms with Gasteiger partial charge < -0.3 is 14.7 Å². The van der Waals surface area contributed by atoms with Gasteiger partial charge in [0.25, 0.3) is 0 Å². The molecule has 2 atom stereocenters. The highest BCUT2D eigenvalue weighted by Gasteiger charge is 2.56. The Labute approximate surface area is 125 Å². The normalized spacial score (nSPS) is 27.2. The monoisotopic (exact) mass is 287 g/mol. The third-order valence-corrected chi connectivity index (χ3v) is 5.01. The van der Waals surface area contributed by atoms with Gasteiger partial charge in [0.05, 0.1) is 17.8 Å². The zero-order valence-corrected chi connectivity index (χ0v) is 12.3. The number of ether oxygens (including phenoxy) is 1. The molecular formula is C16H21N3O2. The maximum Gasteiger partial charge on any atom is 0.128 e. The van der Waals surface area contributed by atoms with E-state index in [0.717, 1.165) is 38.2 Å². The molecule has 3 rings (SSSR count). The predicted octanol–water partition coefficient (Wildman–Crippen LogP) is 1.71. The lowest BCUT2D eigenvalue weighted by Gasteiger charge is -2.56. The van der Waals surface area contributed by atoms with E-state index >= 15 is 0 Å². The molecule has 21 heavy (non-hydrogen) atoms. The molecule has 1 saturated heterocycles. The van der Waals surface area contributed by atoms with Crippen molar-refractivity contribution in [2.75, 3.05) is 24.6 Å². The van der Waals surface area contributed by atoms with Crippen molar-refractivity contribution in [2.24, 2.45) is 5.41 Å². The molecule has 1 saturated carbocycles. The molecular weight excluding hydrogens is 266 g/mol. The fourth-order valence-electron chi connectivity index (χ4n) is 3.61. The van der Waals surface area contributed by atoms with Crippen LogP contribution in [0, 0.1) is 16.7 Å². The van der Waals surface area contributed by atoms with Crippen LogP contribution in [0.3, 0.4) is 0 Å². The van der Waals surface area contributed by atoms with Crippen LogP contribution in [0.25, 0.3) is 0 Å². The Balaban J connectivity index is 1.65. The first-order valence-electron chi connectivity index (χ1n) is 7.60. The summed E-state index contributed by atoms with van der Waals surface area (Å²) in [6.45, 7) is 4.47. The summed E-state index contributed by atoms with van der Waals surface area (Å²) in [5.41, 5.74) is 0.525. The molecule has 5 nitrogen and oxygen atoms in total. The van der Waals surface area contributed by atoms with Crippen molar-refractivity contribution in [1.82, 2.24) is 4.98 Å². The van der Waals surface area contributed by atoms with Crippen LogP contribution in [0.5, 0.6) is 0 Å². The maximum absolute atomic E-state index is 10.2. The first kappa shape index (κ1) is 14.3. The number of hydrogen-bond donors (Lipinski definition) is 1. The SMILES string of the molecule is CCO[C@@H]1C[C@@H](O)C12CCN(c1ccc(C#N)cn1)CC2. The molecule has 1 N–H and O–H groups in total. The number of aliphatic hydroxyl groups is 1. The lowest BCUT2D eigenvalue weighted by Crippen LogP contribution is -2.62. The van der Waals surface area contributed by atoms with Gasteiger partial charge in [0.2, 0.25) is 0 Å². The first-order valence-corrected chi connectivity index (χ1v) is 7.60. The summed E-state index contributed by atoms with van der Waals surface area (Å²) in [4.78, 5) is 6.57. The molecule has 1 aromatic heterocycles. The topological polar surface area (TPSA) is 69.4 Å². The molecule has 1 spiro atoms. The molecule has 2 aliphatic rings. The summed E-state index contributed by atoms with van der Waals surface area (Å²) in [5, 5.41) is 19.0. The molecule has 1 aliphatic carbocycles. The van der Waals surface area contributed by atoms with E-state index in [9.17, 15) is 5.11 Å². The highest BCUT2D eigenvalue weighted by molar-refractivity contribution is 5.42. The third kappa shape index (κ3) is 2.39. The number of rotatable bonds is 3. The van der Waals surface area contributed by atoms with Crippen molar-refractivity contribution < 1.29 is 9.84 Å². The fraction of sp³-hybridized carbons (Fsp3) is 0.625. The second-order valence-electron chi connectivity index (χ2n) is 5.93. The minimum Gasteiger partial charge on any atom is -0.392 e. The summed E-state index contributed by atoms with van der Waals surface area (Å²) in [6.07, 6.45) is 4.21. The Morgan fingerprint density at radius 3 is 2.76 bits per heavy atom. The Morgan fingerprint density at radius 1 is 1.48 bits per heavy atom. The zero-order valence-electron chi connectivity index (χ0n) is 12.3. The first-order chi connectivity index (χ1) is 10.2. The van der Waals surface area contributed by atoms with Crippen LogP contribution in [-0.4, -0.2) is 42.0 Å². The molecule has 5 heteroatoms. The van der Waals surface area contributed by atoms with Crippen LogP contribution in [0.2, 0.25) is 0 Å². The smallest absolute Gasteiger partial charge is 0.128 e. The van der Waals surface area contributed by atoms with Gasteiger partial charge in [-0.2, -0.15) is 5.26 Å². The van der Waals surface area contributed by atoms with Gasteiger partial charge >= 0.3 is 0 Å². The van der Waals surface area contributed by atoms with Crippen molar-refractivity contribution in [2.45, 2.75) is 38.4 Å². The summed E-state index contributed by atoms with van der Waals surface area (Å²) in [6, 6.07) is 5.78. The van der Waals surface area contributed by atoms with E-state index in [2.05, 4.69) is 16.0 Å². The van der Waals surface area contributed by atoms with E-state index in [0.29, 0.717) is 12.2 Å². The Hall–Kier alpha value is -1.64. The second kappa shape index (κ2) is 5.63. The van der Waals surface area contributed by atoms with Gasteiger partial charge in [-0.1, -0.05) is 0 Å². The highest BCUT2D eigenvalue weighted by atomic mass is 16.5. The van der Waals surface area contributed by atoms with E-state index in [-0.39, 0.29) is 17.6 Å². The molecule has 1 aromatic rings. The number of hydrogen-bond acceptors (Lipinski definition) is 5. The van der Waals surface area contributed by atoms with E-state index in [1.54, 1.807) is 12.3 Å². The number of aromatic nitrogens is 1. The third-order valence-electron chi connectivity index (χ3n) is 5.01. The zero-order chi connectivity index (χ0) is 14.9. The van der Waals surface area contributed by atoms with Crippen LogP contribution < -0.4 is 4.90 Å². The van der Waals surface area contributed by atoms with Gasteiger partial charge in [-0.05, 0) is 31.9 Å². The molecule has 2 heterocycles. The lowest BCUT2D eigenvalue weighted by atomic mass is 9.58. The minimum absolute atomic E-state index is 0.0564. The van der Waals surface area contributed by atoms with Gasteiger partial charge in [0.15, 0.2) is 0 Å². The Morgan fingerprint density at radius 2 is 2.24 bits per heavy atom. The summed E-state index contributed by atoms with van der Waals surface area (Å²) in [7, 11) is 0. The number of piperidine rings is 1. The minimum atomic E-state index is -0.231. The predicted molar refractivity (Wildman–Crippen MR) is 78.9 cm³/mol. The quantitative estimate of drug-likeness (QED) is 0.916. The molecule has 0 bridgehead atoms. The lowest BCUT2D eigenvalue weighted by molar-refractivity contribution is -0.199. The molecule has 0 amide bonds. The molecule has 0 radical (unpaired) electrons.